The first kappa shape index (κ1) is 91.9. The van der Waals surface area contributed by atoms with Gasteiger partial charge in [-0.2, -0.15) is 0 Å². The summed E-state index contributed by atoms with van der Waals surface area (Å²) in [6.45, 7) is 14.5. The molecule has 2 radical (unpaired) electrons. The molecule has 0 spiro atoms. The number of benzene rings is 24. The summed E-state index contributed by atoms with van der Waals surface area (Å²) in [6.07, 6.45) is 0. The fourth-order valence-electron chi connectivity index (χ4n) is 21.7. The Morgan fingerprint density at radius 2 is 0.544 bits per heavy atom. The van der Waals surface area contributed by atoms with Crippen molar-refractivity contribution in [1.82, 2.24) is 29.1 Å². The Labute approximate surface area is 873 Å². The summed E-state index contributed by atoms with van der Waals surface area (Å²) in [5, 5.41) is 23.0. The highest BCUT2D eigenvalue weighted by molar-refractivity contribution is 6.89. The van der Waals surface area contributed by atoms with Crippen LogP contribution >= 0.6 is 0 Å². The van der Waals surface area contributed by atoms with E-state index in [1.165, 1.54) is 164 Å². The molecule has 0 saturated heterocycles. The minimum atomic E-state index is -1.43. The second kappa shape index (κ2) is 39.4. The van der Waals surface area contributed by atoms with Gasteiger partial charge in [-0.05, 0) is 238 Å². The van der Waals surface area contributed by atoms with Crippen LogP contribution in [0.15, 0.2) is 522 Å². The highest BCUT2D eigenvalue weighted by atomic mass is 28.3. The van der Waals surface area contributed by atoms with Gasteiger partial charge < -0.3 is 14.4 Å². The summed E-state index contributed by atoms with van der Waals surface area (Å²) in [4.78, 5) is 24.9. The van der Waals surface area contributed by atoms with E-state index in [4.69, 9.17) is 21.3 Å². The lowest BCUT2D eigenvalue weighted by molar-refractivity contribution is 1.07. The summed E-state index contributed by atoms with van der Waals surface area (Å²) >= 11 is 0. The van der Waals surface area contributed by atoms with E-state index in [0.29, 0.717) is 17.5 Å². The molecule has 24 aromatic carbocycles. The fraction of sp³-hybridized carbons (Fsp3) is 0.0435. The van der Waals surface area contributed by atoms with Gasteiger partial charge in [0.2, 0.25) is 0 Å². The van der Waals surface area contributed by atoms with Gasteiger partial charge >= 0.3 is 0 Å². The van der Waals surface area contributed by atoms with Crippen molar-refractivity contribution in [2.24, 2.45) is 0 Å². The molecule has 0 fully saturated rings. The SMILES string of the molecule is C[Si](C)(C)c1ccc(N(c2ccccc2)c2ccc3ccc4c(N(c5ccccc5)c5ccc([Si](C)(C)C)cc5)ccc5ccc2c3c54)cc1.[2H][B].c1ccc(-c2ccc(-c3nc(-c4ccccc4)nc(-c4cccc(-n5c6ccccc6c6ccccc65)c4)n3)cc2)cc1.c1ccc(-n2c(-c3ccc(-c4ccc5c(-c6ccc7ccccc7c6)c6ccccc6c(-c6ccc7ccccc7c6)c5c4)cc3)nc3ccccc32)cc1. The number of anilines is 6. The molecular weight excluding hydrogens is 1840 g/mol. The van der Waals surface area contributed by atoms with Crippen LogP contribution in [0, 0.1) is 0 Å². The number of imidazole rings is 1. The van der Waals surface area contributed by atoms with Crippen LogP contribution in [0.3, 0.4) is 0 Å². The number of nitrogens with zero attached hydrogens (tertiary/aromatic N) is 8. The van der Waals surface area contributed by atoms with E-state index in [1.807, 2.05) is 36.4 Å². The maximum absolute atomic E-state index is 5.25. The zero-order valence-electron chi connectivity index (χ0n) is 84.8. The maximum atomic E-state index is 5.25. The normalized spacial score (nSPS) is 11.7. The van der Waals surface area contributed by atoms with Crippen LogP contribution in [-0.2, 0) is 0 Å². The van der Waals surface area contributed by atoms with Gasteiger partial charge in [0.1, 0.15) is 5.82 Å². The fourth-order valence-corrected chi connectivity index (χ4v) is 24.0. The Bertz CT molecular complexity index is 9430. The van der Waals surface area contributed by atoms with Crippen molar-refractivity contribution >= 4 is 177 Å². The van der Waals surface area contributed by atoms with Crippen molar-refractivity contribution in [3.05, 3.63) is 522 Å². The number of fused-ring (bicyclic) bond motifs is 8. The second-order valence-electron chi connectivity index (χ2n) is 40.4. The van der Waals surface area contributed by atoms with Crippen LogP contribution in [0.5, 0.6) is 0 Å². The zero-order valence-corrected chi connectivity index (χ0v) is 85.8. The monoisotopic (exact) mass is 1940 g/mol. The van der Waals surface area contributed by atoms with Gasteiger partial charge in [0.25, 0.3) is 0 Å². The molecule has 8 nitrogen and oxygen atoms in total. The Morgan fingerprint density at radius 3 is 1.05 bits per heavy atom. The van der Waals surface area contributed by atoms with Gasteiger partial charge in [0.15, 0.2) is 17.5 Å². The third kappa shape index (κ3) is 17.8. The maximum Gasteiger partial charge on any atom is 0.164 e. The molecule has 0 atom stereocenters. The van der Waals surface area contributed by atoms with Crippen molar-refractivity contribution < 1.29 is 0 Å². The number of aromatic nitrogens is 6. The molecule has 0 bridgehead atoms. The quantitative estimate of drug-likeness (QED) is 0.0484. The van der Waals surface area contributed by atoms with Crippen LogP contribution in [0.2, 0.25) is 39.3 Å². The Balaban J connectivity index is 0.000000120. The van der Waals surface area contributed by atoms with Crippen molar-refractivity contribution in [3.8, 4) is 101 Å². The molecule has 0 unspecified atom stereocenters. The van der Waals surface area contributed by atoms with Crippen LogP contribution in [0.1, 0.15) is 0 Å². The molecule has 0 saturated carbocycles. The van der Waals surface area contributed by atoms with Crippen LogP contribution in [-0.4, -0.2) is 54.9 Å². The molecule has 3 aromatic heterocycles. The number of hydrogen-bond acceptors (Lipinski definition) is 6. The summed E-state index contributed by atoms with van der Waals surface area (Å²) in [6, 6.07) is 188. The first-order valence-corrected chi connectivity index (χ1v) is 58.0. The van der Waals surface area contributed by atoms with Gasteiger partial charge in [0.05, 0.1) is 49.6 Å². The van der Waals surface area contributed by atoms with Gasteiger partial charge in [-0.25, -0.2) is 19.9 Å². The number of para-hydroxylation sites is 7. The van der Waals surface area contributed by atoms with Crippen molar-refractivity contribution in [1.29, 1.82) is 1.34 Å². The molecule has 149 heavy (non-hydrogen) atoms. The molecule has 27 aromatic rings. The Morgan fingerprint density at radius 1 is 0.208 bits per heavy atom. The Hall–Kier alpha value is -18.3. The van der Waals surface area contributed by atoms with E-state index in [0.717, 1.165) is 73.0 Å². The van der Waals surface area contributed by atoms with Gasteiger partial charge in [-0.3, -0.25) is 4.57 Å². The standard InChI is InChI=1S/C53H34N2.C46H44N2Si2.C39H26N4.BH/c1-2-16-44(17-3-1)55-50-21-11-10-20-49(50)54-53(55)38-26-22-37(23-27-38)41-30-31-47-48(34-41)52(43-29-25-36-13-5-7-15-40(36)33-43)46-19-9-8-18-45(46)51(47)42-28-24-35-12-4-6-14-39(35)32-42;1-49(2,3)39-25-21-37(22-26-39)47(35-13-9-7-10-14-35)43-31-19-33-18-30-42-44(32-20-34-17-29-41(43)45(33)46(34)42)48(36-15-11-8-12-16-36)38-23-27-40(28-24-38)50(4,5)6;1-3-12-27(13-4-1)28-22-24-30(25-23-28)38-40-37(29-14-5-2-6-15-29)41-39(42-38)31-16-11-17-32(26-31)43-35-20-9-7-18-33(35)34-19-8-10-21-36(34)43;/h1-34H;7-32H,1-6H3;1-26H;1H/i;;;1D. The third-order valence-corrected chi connectivity index (χ3v) is 33.3. The van der Waals surface area contributed by atoms with Crippen molar-refractivity contribution in [2.75, 3.05) is 9.80 Å². The van der Waals surface area contributed by atoms with E-state index in [2.05, 4.69) is 552 Å². The minimum Gasteiger partial charge on any atom is -0.310 e. The molecule has 0 amide bonds. The Kier molecular flexibility index (Phi) is 24.3. The van der Waals surface area contributed by atoms with E-state index in [1.54, 1.807) is 0 Å². The minimum absolute atomic E-state index is 0.638. The van der Waals surface area contributed by atoms with E-state index >= 15 is 0 Å². The highest BCUT2D eigenvalue weighted by Crippen LogP contribution is 2.51. The molecule has 3 heterocycles. The summed E-state index contributed by atoms with van der Waals surface area (Å²) in [7, 11) is 0.882. The predicted octanol–water partition coefficient (Wildman–Crippen LogP) is 35.9. The topological polar surface area (TPSA) is 67.9 Å². The van der Waals surface area contributed by atoms with Crippen LogP contribution in [0.4, 0.5) is 34.1 Å². The van der Waals surface area contributed by atoms with E-state index in [-0.39, 0.29) is 0 Å². The molecular formula is C138H105BN8Si2. The average Bonchev–Trinajstić information content (AvgIpc) is 0.918. The second-order valence-corrected chi connectivity index (χ2v) is 50.6. The molecule has 0 N–H and O–H groups in total. The third-order valence-electron chi connectivity index (χ3n) is 29.1. The average molecular weight is 1940 g/mol. The molecule has 0 aliphatic heterocycles. The first-order chi connectivity index (χ1) is 73.7. The van der Waals surface area contributed by atoms with Gasteiger partial charge in [0, 0.05) is 86.3 Å². The number of hydrogen-bond donors (Lipinski definition) is 0. The van der Waals surface area contributed by atoms with Gasteiger partial charge in [-0.1, -0.05) is 444 Å². The molecule has 11 heteroatoms. The van der Waals surface area contributed by atoms with E-state index < -0.39 is 16.1 Å². The summed E-state index contributed by atoms with van der Waals surface area (Å²) in [5.74, 6) is 2.86. The lowest BCUT2D eigenvalue weighted by Gasteiger charge is -2.30. The summed E-state index contributed by atoms with van der Waals surface area (Å²) in [5.41, 5.74) is 27.1. The highest BCUT2D eigenvalue weighted by Gasteiger charge is 2.28. The molecule has 27 rings (SSSR count). The van der Waals surface area contributed by atoms with Gasteiger partial charge in [-0.15, -0.1) is 0 Å². The molecule has 0 aliphatic carbocycles. The van der Waals surface area contributed by atoms with Crippen molar-refractivity contribution in [3.63, 3.8) is 0 Å². The van der Waals surface area contributed by atoms with Crippen LogP contribution < -0.4 is 20.2 Å². The lowest BCUT2D eigenvalue weighted by Crippen LogP contribution is -2.37. The summed E-state index contributed by atoms with van der Waals surface area (Å²) < 4.78 is 9.83. The lowest BCUT2D eigenvalue weighted by atomic mass is 9.84. The molecule has 0 aliphatic rings. The molecule has 708 valence electrons. The largest absolute Gasteiger partial charge is 0.310 e. The first-order valence-electron chi connectivity index (χ1n) is 51.5. The zero-order chi connectivity index (χ0) is 102. The predicted molar refractivity (Wildman–Crippen MR) is 641 cm³/mol. The van der Waals surface area contributed by atoms with Crippen molar-refractivity contribution in [2.45, 2.75) is 39.3 Å². The van der Waals surface area contributed by atoms with E-state index in [9.17, 15) is 0 Å². The number of rotatable bonds is 18. The smallest absolute Gasteiger partial charge is 0.164 e. The van der Waals surface area contributed by atoms with Crippen LogP contribution in [0.25, 0.3) is 210 Å².